The van der Waals surface area contributed by atoms with E-state index in [1.165, 1.54) is 5.51 Å². The van der Waals surface area contributed by atoms with E-state index in [0.717, 1.165) is 18.4 Å². The number of rotatable bonds is 5. The Morgan fingerprint density at radius 1 is 1.43 bits per heavy atom. The van der Waals surface area contributed by atoms with Crippen LogP contribution in [0.25, 0.3) is 0 Å². The van der Waals surface area contributed by atoms with Crippen LogP contribution in [0.4, 0.5) is 0 Å². The first-order valence-electron chi connectivity index (χ1n) is 5.70. The van der Waals surface area contributed by atoms with Gasteiger partial charge in [0.05, 0.1) is 12.6 Å². The van der Waals surface area contributed by atoms with E-state index in [4.69, 9.17) is 11.6 Å². The number of carbonyl (C=O) groups excluding carboxylic acids is 1. The molecule has 1 aromatic carbocycles. The van der Waals surface area contributed by atoms with Gasteiger partial charge in [0, 0.05) is 11.6 Å². The summed E-state index contributed by atoms with van der Waals surface area (Å²) in [6, 6.07) is 6.87. The lowest BCUT2D eigenvalue weighted by Crippen LogP contribution is -2.24. The molecule has 0 bridgehead atoms. The van der Waals surface area contributed by atoms with Crippen molar-refractivity contribution in [2.75, 3.05) is 7.11 Å². The summed E-state index contributed by atoms with van der Waals surface area (Å²) in [7, 11) is -2.71. The highest BCUT2D eigenvalue weighted by Gasteiger charge is 2.26. The third-order valence-corrected chi connectivity index (χ3v) is 5.71. The van der Waals surface area contributed by atoms with Crippen molar-refractivity contribution in [3.63, 3.8) is 0 Å². The summed E-state index contributed by atoms with van der Waals surface area (Å²) in [4.78, 5) is 15.2. The largest absolute Gasteiger partial charge is 0.464 e. The standard InChI is InChI=1S/C12H11ClN2O4S2/c1-19-11(16)10-12(20-7-14-10)21(17,18)15-6-8-4-2-3-5-9(8)13/h2-5,7,15H,6H2,1H3. The lowest BCUT2D eigenvalue weighted by Gasteiger charge is -2.07. The number of ether oxygens (including phenoxy) is 1. The number of methoxy groups -OCH3 is 1. The highest BCUT2D eigenvalue weighted by atomic mass is 35.5. The van der Waals surface area contributed by atoms with Crippen molar-refractivity contribution in [3.8, 4) is 0 Å². The molecule has 9 heteroatoms. The number of sulfonamides is 1. The molecule has 6 nitrogen and oxygen atoms in total. The Morgan fingerprint density at radius 2 is 2.14 bits per heavy atom. The second-order valence-electron chi connectivity index (χ2n) is 3.90. The number of esters is 1. The van der Waals surface area contributed by atoms with Crippen LogP contribution in [0.5, 0.6) is 0 Å². The monoisotopic (exact) mass is 346 g/mol. The molecule has 0 unspecified atom stereocenters. The quantitative estimate of drug-likeness (QED) is 0.837. The summed E-state index contributed by atoms with van der Waals surface area (Å²) < 4.78 is 31.2. The highest BCUT2D eigenvalue weighted by molar-refractivity contribution is 7.91. The van der Waals surface area contributed by atoms with Gasteiger partial charge in [-0.05, 0) is 11.6 Å². The van der Waals surface area contributed by atoms with Crippen molar-refractivity contribution in [1.29, 1.82) is 0 Å². The fourth-order valence-corrected chi connectivity index (χ4v) is 3.92. The van der Waals surface area contributed by atoms with Crippen molar-refractivity contribution in [2.24, 2.45) is 0 Å². The molecule has 112 valence electrons. The molecule has 0 radical (unpaired) electrons. The van der Waals surface area contributed by atoms with E-state index in [-0.39, 0.29) is 16.4 Å². The summed E-state index contributed by atoms with van der Waals surface area (Å²) in [6.07, 6.45) is 0. The van der Waals surface area contributed by atoms with E-state index in [0.29, 0.717) is 10.6 Å². The predicted octanol–water partition coefficient (Wildman–Crippen LogP) is 2.06. The maximum atomic E-state index is 12.2. The first-order valence-corrected chi connectivity index (χ1v) is 8.44. The zero-order valence-corrected chi connectivity index (χ0v) is 13.3. The molecule has 1 heterocycles. The van der Waals surface area contributed by atoms with E-state index in [2.05, 4.69) is 14.4 Å². The average Bonchev–Trinajstić information content (AvgIpc) is 2.96. The molecule has 21 heavy (non-hydrogen) atoms. The third kappa shape index (κ3) is 3.59. The maximum Gasteiger partial charge on any atom is 0.358 e. The Labute approximate surface area is 130 Å². The highest BCUT2D eigenvalue weighted by Crippen LogP contribution is 2.21. The second-order valence-corrected chi connectivity index (χ2v) is 7.12. The SMILES string of the molecule is COC(=O)c1ncsc1S(=O)(=O)NCc1ccccc1Cl. The van der Waals surface area contributed by atoms with Gasteiger partial charge in [-0.1, -0.05) is 29.8 Å². The number of nitrogens with zero attached hydrogens (tertiary/aromatic N) is 1. The molecule has 1 aromatic heterocycles. The lowest BCUT2D eigenvalue weighted by atomic mass is 10.2. The number of nitrogens with one attached hydrogen (secondary N) is 1. The van der Waals surface area contributed by atoms with E-state index in [1.807, 2.05) is 0 Å². The van der Waals surface area contributed by atoms with Gasteiger partial charge in [0.25, 0.3) is 10.0 Å². The zero-order chi connectivity index (χ0) is 15.5. The van der Waals surface area contributed by atoms with Crippen LogP contribution >= 0.6 is 22.9 Å². The second kappa shape index (κ2) is 6.52. The van der Waals surface area contributed by atoms with Crippen LogP contribution in [0.1, 0.15) is 16.1 Å². The Morgan fingerprint density at radius 3 is 2.81 bits per heavy atom. The van der Waals surface area contributed by atoms with E-state index in [9.17, 15) is 13.2 Å². The number of hydrogen-bond acceptors (Lipinski definition) is 6. The summed E-state index contributed by atoms with van der Waals surface area (Å²) in [5.41, 5.74) is 1.68. The molecule has 0 aliphatic rings. The van der Waals surface area contributed by atoms with Crippen molar-refractivity contribution in [3.05, 3.63) is 46.1 Å². The summed E-state index contributed by atoms with van der Waals surface area (Å²) in [6.45, 7) is 0.0144. The molecule has 2 rings (SSSR count). The summed E-state index contributed by atoms with van der Waals surface area (Å²) in [5, 5.41) is 0.456. The van der Waals surface area contributed by atoms with Crippen molar-refractivity contribution < 1.29 is 17.9 Å². The van der Waals surface area contributed by atoms with E-state index < -0.39 is 16.0 Å². The molecular formula is C12H11ClN2O4S2. The van der Waals surface area contributed by atoms with Gasteiger partial charge in [0.15, 0.2) is 9.90 Å². The first-order chi connectivity index (χ1) is 9.95. The van der Waals surface area contributed by atoms with Crippen LogP contribution in [-0.2, 0) is 21.3 Å². The number of benzene rings is 1. The molecule has 0 spiro atoms. The van der Waals surface area contributed by atoms with Gasteiger partial charge < -0.3 is 4.74 Å². The molecule has 0 saturated heterocycles. The topological polar surface area (TPSA) is 85.4 Å². The predicted molar refractivity (Wildman–Crippen MR) is 78.9 cm³/mol. The number of aromatic nitrogens is 1. The van der Waals surface area contributed by atoms with Gasteiger partial charge in [-0.2, -0.15) is 0 Å². The van der Waals surface area contributed by atoms with Gasteiger partial charge in [0.2, 0.25) is 0 Å². The van der Waals surface area contributed by atoms with Crippen LogP contribution < -0.4 is 4.72 Å². The smallest absolute Gasteiger partial charge is 0.358 e. The minimum atomic E-state index is -3.87. The van der Waals surface area contributed by atoms with Crippen LogP contribution in [0.2, 0.25) is 5.02 Å². The number of thiazole rings is 1. The normalized spacial score (nSPS) is 11.3. The molecule has 0 saturated carbocycles. The molecule has 0 amide bonds. The van der Waals surface area contributed by atoms with Gasteiger partial charge in [-0.3, -0.25) is 0 Å². The van der Waals surface area contributed by atoms with Crippen molar-refractivity contribution in [1.82, 2.24) is 9.71 Å². The number of hydrogen-bond donors (Lipinski definition) is 1. The van der Waals surface area contributed by atoms with Crippen LogP contribution in [0.15, 0.2) is 34.0 Å². The molecule has 0 fully saturated rings. The molecule has 0 aliphatic carbocycles. The van der Waals surface area contributed by atoms with Gasteiger partial charge >= 0.3 is 5.97 Å². The van der Waals surface area contributed by atoms with Crippen LogP contribution in [0, 0.1) is 0 Å². The number of carbonyl (C=O) groups is 1. The van der Waals surface area contributed by atoms with Crippen LogP contribution in [-0.4, -0.2) is 26.5 Å². The number of halogens is 1. The van der Waals surface area contributed by atoms with Crippen LogP contribution in [0.3, 0.4) is 0 Å². The fraction of sp³-hybridized carbons (Fsp3) is 0.167. The lowest BCUT2D eigenvalue weighted by molar-refractivity contribution is 0.0590. The molecule has 2 aromatic rings. The van der Waals surface area contributed by atoms with Gasteiger partial charge in [-0.15, -0.1) is 11.3 Å². The van der Waals surface area contributed by atoms with Crippen molar-refractivity contribution in [2.45, 2.75) is 10.8 Å². The maximum absolute atomic E-state index is 12.2. The van der Waals surface area contributed by atoms with E-state index in [1.54, 1.807) is 24.3 Å². The third-order valence-electron chi connectivity index (χ3n) is 2.57. The summed E-state index contributed by atoms with van der Waals surface area (Å²) in [5.74, 6) is -0.797. The minimum Gasteiger partial charge on any atom is -0.464 e. The van der Waals surface area contributed by atoms with Gasteiger partial charge in [-0.25, -0.2) is 22.9 Å². The Bertz CT molecular complexity index is 758. The summed E-state index contributed by atoms with van der Waals surface area (Å²) >= 11 is 6.81. The average molecular weight is 347 g/mol. The molecule has 1 N–H and O–H groups in total. The van der Waals surface area contributed by atoms with Gasteiger partial charge in [0.1, 0.15) is 0 Å². The first kappa shape index (κ1) is 15.9. The van der Waals surface area contributed by atoms with E-state index >= 15 is 0 Å². The molecule has 0 aliphatic heterocycles. The Hall–Kier alpha value is -1.48. The zero-order valence-electron chi connectivity index (χ0n) is 10.9. The molecular weight excluding hydrogens is 336 g/mol. The Balaban J connectivity index is 2.22. The fourth-order valence-electron chi connectivity index (χ4n) is 1.54. The molecule has 0 atom stereocenters. The Kier molecular flexibility index (Phi) is 4.94. The van der Waals surface area contributed by atoms with Crippen molar-refractivity contribution >= 4 is 38.9 Å². The minimum absolute atomic E-state index is 0.0144.